The molecular weight excluding hydrogens is 456 g/mol. The van der Waals surface area contributed by atoms with Gasteiger partial charge in [-0.25, -0.2) is 4.98 Å². The Kier molecular flexibility index (Phi) is 5.88. The summed E-state index contributed by atoms with van der Waals surface area (Å²) in [5.41, 5.74) is 3.52. The SMILES string of the molecule is COc1ccc(-[n+]2noc([O-])c2SCC(=O)Nc2ccc(-c3nc4ccccc4o3)cc2)cc1. The average Bonchev–Trinajstić information content (AvgIpc) is 3.46. The predicted molar refractivity (Wildman–Crippen MR) is 123 cm³/mol. The summed E-state index contributed by atoms with van der Waals surface area (Å²) in [6.07, 6.45) is 0. The molecular formula is C24H18N4O5S. The molecule has 5 rings (SSSR count). The molecule has 1 amide bonds. The fourth-order valence-electron chi connectivity index (χ4n) is 3.27. The van der Waals surface area contributed by atoms with E-state index in [1.54, 1.807) is 43.5 Å². The van der Waals surface area contributed by atoms with Crippen molar-refractivity contribution in [3.63, 3.8) is 0 Å². The van der Waals surface area contributed by atoms with Crippen LogP contribution in [-0.2, 0) is 4.79 Å². The number of methoxy groups -OCH3 is 1. The number of anilines is 1. The first-order chi connectivity index (χ1) is 16.6. The van der Waals surface area contributed by atoms with E-state index in [2.05, 4.69) is 15.6 Å². The van der Waals surface area contributed by atoms with E-state index in [1.165, 1.54) is 4.68 Å². The van der Waals surface area contributed by atoms with Crippen molar-refractivity contribution >= 4 is 34.5 Å². The number of carbonyl (C=O) groups is 1. The molecule has 0 aliphatic heterocycles. The number of aromatic nitrogens is 3. The van der Waals surface area contributed by atoms with Crippen LogP contribution < -0.4 is 19.8 Å². The van der Waals surface area contributed by atoms with Crippen molar-refractivity contribution in [2.45, 2.75) is 5.03 Å². The van der Waals surface area contributed by atoms with Crippen LogP contribution in [0.25, 0.3) is 28.2 Å². The summed E-state index contributed by atoms with van der Waals surface area (Å²) >= 11 is 1.04. The lowest BCUT2D eigenvalue weighted by molar-refractivity contribution is -0.705. The molecule has 0 fully saturated rings. The second-order valence-corrected chi connectivity index (χ2v) is 8.14. The zero-order valence-corrected chi connectivity index (χ0v) is 18.7. The molecule has 1 N–H and O–H groups in total. The monoisotopic (exact) mass is 474 g/mol. The van der Waals surface area contributed by atoms with Crippen LogP contribution in [-0.4, -0.2) is 29.0 Å². The summed E-state index contributed by atoms with van der Waals surface area (Å²) in [5, 5.41) is 18.9. The number of amides is 1. The molecule has 10 heteroatoms. The van der Waals surface area contributed by atoms with Crippen molar-refractivity contribution in [2.75, 3.05) is 18.2 Å². The van der Waals surface area contributed by atoms with Gasteiger partial charge in [0.15, 0.2) is 11.5 Å². The number of hydrogen-bond acceptors (Lipinski definition) is 8. The molecule has 9 nitrogen and oxygen atoms in total. The molecule has 0 saturated carbocycles. The number of nitrogens with one attached hydrogen (secondary N) is 1. The van der Waals surface area contributed by atoms with Crippen molar-refractivity contribution in [1.29, 1.82) is 0 Å². The van der Waals surface area contributed by atoms with Crippen molar-refractivity contribution in [3.05, 3.63) is 72.8 Å². The van der Waals surface area contributed by atoms with Crippen molar-refractivity contribution in [1.82, 2.24) is 10.3 Å². The van der Waals surface area contributed by atoms with E-state index in [1.807, 2.05) is 36.4 Å². The minimum absolute atomic E-state index is 0.000508. The molecule has 0 aliphatic rings. The number of oxazole rings is 1. The number of nitrogens with zero attached hydrogens (tertiary/aromatic N) is 3. The number of carbonyl (C=O) groups excluding carboxylic acids is 1. The fraction of sp³-hybridized carbons (Fsp3) is 0.0833. The molecule has 0 saturated heterocycles. The third kappa shape index (κ3) is 4.44. The van der Waals surface area contributed by atoms with Crippen LogP contribution in [0.15, 0.2) is 86.8 Å². The van der Waals surface area contributed by atoms with Crippen LogP contribution >= 0.6 is 11.8 Å². The number of fused-ring (bicyclic) bond motifs is 1. The average molecular weight is 474 g/mol. The Bertz CT molecular complexity index is 1410. The molecule has 0 radical (unpaired) electrons. The van der Waals surface area contributed by atoms with Gasteiger partial charge in [0.2, 0.25) is 17.5 Å². The smallest absolute Gasteiger partial charge is 0.298 e. The molecule has 34 heavy (non-hydrogen) atoms. The molecule has 2 heterocycles. The number of ether oxygens (including phenoxy) is 1. The van der Waals surface area contributed by atoms with E-state index in [4.69, 9.17) is 13.7 Å². The van der Waals surface area contributed by atoms with E-state index < -0.39 is 5.95 Å². The number of hydrogen-bond donors (Lipinski definition) is 1. The van der Waals surface area contributed by atoms with Crippen LogP contribution in [0.1, 0.15) is 0 Å². The highest BCUT2D eigenvalue weighted by molar-refractivity contribution is 7.99. The van der Waals surface area contributed by atoms with E-state index in [9.17, 15) is 9.90 Å². The summed E-state index contributed by atoms with van der Waals surface area (Å²) in [7, 11) is 1.57. The Labute approximate surface area is 197 Å². The highest BCUT2D eigenvalue weighted by Gasteiger charge is 2.22. The molecule has 0 spiro atoms. The fourth-order valence-corrected chi connectivity index (χ4v) is 4.03. The minimum atomic E-state index is -0.615. The number of rotatable bonds is 7. The topological polar surface area (TPSA) is 117 Å². The van der Waals surface area contributed by atoms with Gasteiger partial charge in [0, 0.05) is 23.4 Å². The van der Waals surface area contributed by atoms with Crippen LogP contribution in [0.3, 0.4) is 0 Å². The molecule has 0 bridgehead atoms. The van der Waals surface area contributed by atoms with Gasteiger partial charge in [-0.15, -0.1) is 0 Å². The van der Waals surface area contributed by atoms with Crippen LogP contribution in [0, 0.1) is 0 Å². The number of thioether (sulfide) groups is 1. The van der Waals surface area contributed by atoms with Gasteiger partial charge in [-0.2, -0.15) is 0 Å². The van der Waals surface area contributed by atoms with Gasteiger partial charge in [-0.05, 0) is 65.0 Å². The second kappa shape index (κ2) is 9.28. The second-order valence-electron chi connectivity index (χ2n) is 7.18. The zero-order chi connectivity index (χ0) is 23.5. The van der Waals surface area contributed by atoms with E-state index >= 15 is 0 Å². The van der Waals surface area contributed by atoms with Gasteiger partial charge in [-0.1, -0.05) is 12.1 Å². The third-order valence-corrected chi connectivity index (χ3v) is 5.96. The summed E-state index contributed by atoms with van der Waals surface area (Å²) in [6.45, 7) is 0. The highest BCUT2D eigenvalue weighted by atomic mass is 32.2. The summed E-state index contributed by atoms with van der Waals surface area (Å²) in [4.78, 5) is 17.0. The van der Waals surface area contributed by atoms with Gasteiger partial charge in [-0.3, -0.25) is 4.79 Å². The standard InChI is InChI=1S/C24H18N4O5S/c1-31-18-12-10-17(11-13-18)28-23(24(30)33-27-28)34-14-21(29)25-16-8-6-15(7-9-16)22-26-19-4-2-3-5-20(19)32-22/h2-13H,14H2,1H3,(H-,25,26,27,29,30). The Hall–Kier alpha value is -4.31. The lowest BCUT2D eigenvalue weighted by atomic mass is 10.2. The van der Waals surface area contributed by atoms with Gasteiger partial charge in [0.1, 0.15) is 11.3 Å². The van der Waals surface area contributed by atoms with E-state index in [0.717, 1.165) is 22.8 Å². The predicted octanol–water partition coefficient (Wildman–Crippen LogP) is 3.57. The van der Waals surface area contributed by atoms with Gasteiger partial charge in [0.05, 0.1) is 18.1 Å². The van der Waals surface area contributed by atoms with Crippen molar-refractivity contribution in [2.24, 2.45) is 0 Å². The van der Waals surface area contributed by atoms with Crippen molar-refractivity contribution < 1.29 is 28.3 Å². The zero-order valence-electron chi connectivity index (χ0n) is 17.9. The minimum Gasteiger partial charge on any atom is -0.538 e. The molecule has 0 unspecified atom stereocenters. The summed E-state index contributed by atoms with van der Waals surface area (Å²) in [6, 6.07) is 21.7. The number of para-hydroxylation sites is 2. The van der Waals surface area contributed by atoms with Crippen LogP contribution in [0.2, 0.25) is 0 Å². The molecule has 5 aromatic rings. The Balaban J connectivity index is 1.23. The van der Waals surface area contributed by atoms with Crippen molar-refractivity contribution in [3.8, 4) is 28.8 Å². The molecule has 0 atom stereocenters. The maximum atomic E-state index is 12.5. The highest BCUT2D eigenvalue weighted by Crippen LogP contribution is 2.26. The lowest BCUT2D eigenvalue weighted by Crippen LogP contribution is -2.35. The van der Waals surface area contributed by atoms with Crippen LogP contribution in [0.4, 0.5) is 5.69 Å². The first kappa shape index (κ1) is 21.5. The van der Waals surface area contributed by atoms with E-state index in [-0.39, 0.29) is 16.7 Å². The summed E-state index contributed by atoms with van der Waals surface area (Å²) < 4.78 is 17.1. The Morgan fingerprint density at radius 2 is 1.85 bits per heavy atom. The Morgan fingerprint density at radius 3 is 2.59 bits per heavy atom. The summed E-state index contributed by atoms with van der Waals surface area (Å²) in [5.74, 6) is 0.288. The molecule has 170 valence electrons. The van der Waals surface area contributed by atoms with Crippen LogP contribution in [0.5, 0.6) is 11.7 Å². The van der Waals surface area contributed by atoms with Gasteiger partial charge >= 0.3 is 0 Å². The quantitative estimate of drug-likeness (QED) is 0.281. The maximum Gasteiger partial charge on any atom is 0.298 e. The van der Waals surface area contributed by atoms with Gasteiger partial charge in [0.25, 0.3) is 5.03 Å². The lowest BCUT2D eigenvalue weighted by Gasteiger charge is -2.05. The first-order valence-corrected chi connectivity index (χ1v) is 11.2. The van der Waals surface area contributed by atoms with Gasteiger partial charge < -0.3 is 24.1 Å². The third-order valence-electron chi connectivity index (χ3n) is 4.94. The molecule has 3 aromatic carbocycles. The molecule has 0 aliphatic carbocycles. The number of benzene rings is 3. The van der Waals surface area contributed by atoms with E-state index in [0.29, 0.717) is 28.6 Å². The first-order valence-electron chi connectivity index (χ1n) is 10.2. The Morgan fingerprint density at radius 1 is 1.09 bits per heavy atom. The normalized spacial score (nSPS) is 11.0. The largest absolute Gasteiger partial charge is 0.538 e. The molecule has 2 aromatic heterocycles. The maximum absolute atomic E-state index is 12.5.